The van der Waals surface area contributed by atoms with Crippen LogP contribution in [0.15, 0.2) is 31.3 Å². The lowest BCUT2D eigenvalue weighted by atomic mass is 9.87. The van der Waals surface area contributed by atoms with E-state index in [4.69, 9.17) is 32.5 Å². The molecule has 4 aliphatic rings. The SMILES string of the molecule is COc1c(N2CCC(CC(C#N)NC(N)(CC#N)C3CCN(c4cc(N)c5c(=O)n(N)c(=O)n(C6CC6)c5c4OC)C3)C2)cc(N)c2c(=O)[nH]c(=O)n(C3CC3)c12. The molecule has 4 fully saturated rings. The second-order valence-electron chi connectivity index (χ2n) is 15.9. The Bertz CT molecular complexity index is 2630. The van der Waals surface area contributed by atoms with Crippen LogP contribution < -0.4 is 70.1 Å². The summed E-state index contributed by atoms with van der Waals surface area (Å²) in [6, 6.07) is 7.08. The lowest BCUT2D eigenvalue weighted by molar-refractivity contribution is 0.211. The number of aromatic nitrogens is 4. The third-order valence-electron chi connectivity index (χ3n) is 12.2. The lowest BCUT2D eigenvalue weighted by Crippen LogP contribution is -2.62. The highest BCUT2D eigenvalue weighted by Crippen LogP contribution is 2.46. The number of nitriles is 2. The summed E-state index contributed by atoms with van der Waals surface area (Å²) in [5, 5.41) is 24.1. The summed E-state index contributed by atoms with van der Waals surface area (Å²) in [4.78, 5) is 58.8. The van der Waals surface area contributed by atoms with Gasteiger partial charge in [0, 0.05) is 55.6 Å². The molecule has 0 amide bonds. The monoisotopic (exact) mass is 781 g/mol. The molecule has 10 N–H and O–H groups in total. The molecule has 2 aliphatic carbocycles. The molecule has 8 rings (SSSR count). The van der Waals surface area contributed by atoms with Crippen LogP contribution >= 0.6 is 0 Å². The van der Waals surface area contributed by atoms with Crippen molar-refractivity contribution >= 4 is 44.6 Å². The normalized spacial score (nSPS) is 21.1. The van der Waals surface area contributed by atoms with E-state index in [2.05, 4.69) is 27.3 Å². The molecule has 4 heterocycles. The minimum Gasteiger partial charge on any atom is -0.492 e. The molecule has 2 aliphatic heterocycles. The van der Waals surface area contributed by atoms with Gasteiger partial charge >= 0.3 is 11.4 Å². The predicted molar refractivity (Wildman–Crippen MR) is 215 cm³/mol. The van der Waals surface area contributed by atoms with Crippen molar-refractivity contribution in [3.8, 4) is 23.6 Å². The Labute approximate surface area is 325 Å². The van der Waals surface area contributed by atoms with Crippen LogP contribution in [0.3, 0.4) is 0 Å². The van der Waals surface area contributed by atoms with Crippen LogP contribution in [0.2, 0.25) is 0 Å². The van der Waals surface area contributed by atoms with Crippen molar-refractivity contribution in [3.63, 3.8) is 0 Å². The van der Waals surface area contributed by atoms with E-state index in [1.807, 2.05) is 4.90 Å². The molecule has 2 saturated carbocycles. The first-order valence-electron chi connectivity index (χ1n) is 19.2. The number of nitrogens with zero attached hydrogens (tertiary/aromatic N) is 7. The highest BCUT2D eigenvalue weighted by atomic mass is 16.5. The average Bonchev–Trinajstić information content (AvgIpc) is 4.10. The van der Waals surface area contributed by atoms with Crippen LogP contribution in [0.5, 0.6) is 11.5 Å². The molecule has 4 aromatic rings. The number of nitrogens with one attached hydrogen (secondary N) is 2. The van der Waals surface area contributed by atoms with E-state index >= 15 is 0 Å². The number of hydrogen-bond acceptors (Lipinski definition) is 15. The number of aromatic amines is 1. The third-order valence-corrected chi connectivity index (χ3v) is 12.2. The number of rotatable bonds is 12. The van der Waals surface area contributed by atoms with Gasteiger partial charge < -0.3 is 42.3 Å². The van der Waals surface area contributed by atoms with E-state index in [0.717, 1.165) is 32.1 Å². The molecule has 4 atom stereocenters. The maximum atomic E-state index is 13.2. The van der Waals surface area contributed by atoms with Crippen molar-refractivity contribution in [3.05, 3.63) is 53.8 Å². The summed E-state index contributed by atoms with van der Waals surface area (Å²) in [5.74, 6) is 6.38. The van der Waals surface area contributed by atoms with Gasteiger partial charge in [-0.3, -0.25) is 29.0 Å². The standard InChI is InChI=1S/C38H47N13O6/c1-56-32-26(14-24(41)28-30(32)49(22-3-4-22)36(54)45-34(28)52)47-11-7-19(17-47)13-21(16-40)46-38(43,9-10-39)20-8-12-48(18-20)27-15-25(42)29-31(33(27)57-2)50(23-5-6-23)37(55)51(44)35(29)53/h14-15,19-23,46H,3-9,11-13,17-18,41-44H2,1-2H3,(H,45,52,54). The van der Waals surface area contributed by atoms with E-state index in [1.54, 1.807) is 16.7 Å². The van der Waals surface area contributed by atoms with E-state index in [1.165, 1.54) is 18.8 Å². The Hall–Kier alpha value is -6.18. The fraction of sp³-hybridized carbons (Fsp3) is 0.526. The van der Waals surface area contributed by atoms with Gasteiger partial charge in [-0.2, -0.15) is 15.2 Å². The molecule has 19 heteroatoms. The zero-order chi connectivity index (χ0) is 40.5. The molecule has 0 bridgehead atoms. The first kappa shape index (κ1) is 37.7. The van der Waals surface area contributed by atoms with Gasteiger partial charge in [-0.1, -0.05) is 0 Å². The van der Waals surface area contributed by atoms with Gasteiger partial charge in [0.25, 0.3) is 11.1 Å². The zero-order valence-corrected chi connectivity index (χ0v) is 31.9. The highest BCUT2D eigenvalue weighted by Gasteiger charge is 2.43. The molecule has 300 valence electrons. The van der Waals surface area contributed by atoms with Gasteiger partial charge in [0.2, 0.25) is 0 Å². The van der Waals surface area contributed by atoms with Gasteiger partial charge in [0.15, 0.2) is 11.5 Å². The van der Waals surface area contributed by atoms with Gasteiger partial charge in [0.05, 0.1) is 66.6 Å². The molecule has 19 nitrogen and oxygen atoms in total. The highest BCUT2D eigenvalue weighted by molar-refractivity contribution is 6.00. The van der Waals surface area contributed by atoms with E-state index in [-0.39, 0.29) is 52.5 Å². The summed E-state index contributed by atoms with van der Waals surface area (Å²) in [5.41, 5.74) is 18.7. The Morgan fingerprint density at radius 3 is 2.05 bits per heavy atom. The first-order valence-corrected chi connectivity index (χ1v) is 19.2. The molecule has 2 aromatic carbocycles. The van der Waals surface area contributed by atoms with Crippen molar-refractivity contribution in [1.82, 2.24) is 24.1 Å². The molecule has 2 aromatic heterocycles. The quantitative estimate of drug-likeness (QED) is 0.0649. The number of benzene rings is 2. The summed E-state index contributed by atoms with van der Waals surface area (Å²) in [6.07, 6.45) is 4.80. The van der Waals surface area contributed by atoms with Crippen LogP contribution in [0.4, 0.5) is 22.7 Å². The van der Waals surface area contributed by atoms with E-state index in [0.29, 0.717) is 77.6 Å². The Morgan fingerprint density at radius 1 is 0.877 bits per heavy atom. The third kappa shape index (κ3) is 6.27. The lowest BCUT2D eigenvalue weighted by Gasteiger charge is -2.37. The molecule has 0 spiro atoms. The van der Waals surface area contributed by atoms with Crippen molar-refractivity contribution in [2.24, 2.45) is 17.6 Å². The molecule has 4 unspecified atom stereocenters. The molecule has 57 heavy (non-hydrogen) atoms. The van der Waals surface area contributed by atoms with Gasteiger partial charge in [-0.25, -0.2) is 9.59 Å². The summed E-state index contributed by atoms with van der Waals surface area (Å²) >= 11 is 0. The minimum absolute atomic E-state index is 0.0453. The molecular weight excluding hydrogens is 735 g/mol. The van der Waals surface area contributed by atoms with Gasteiger partial charge in [-0.15, -0.1) is 0 Å². The van der Waals surface area contributed by atoms with Crippen LogP contribution in [0.1, 0.15) is 63.5 Å². The van der Waals surface area contributed by atoms with E-state index < -0.39 is 34.2 Å². The van der Waals surface area contributed by atoms with E-state index in [9.17, 15) is 29.7 Å². The fourth-order valence-electron chi connectivity index (χ4n) is 9.09. The van der Waals surface area contributed by atoms with Crippen molar-refractivity contribution < 1.29 is 9.47 Å². The smallest absolute Gasteiger partial charge is 0.350 e. The summed E-state index contributed by atoms with van der Waals surface area (Å²) in [6.45, 7) is 2.05. The Balaban J connectivity index is 1.03. The van der Waals surface area contributed by atoms with Crippen LogP contribution in [-0.4, -0.2) is 70.9 Å². The van der Waals surface area contributed by atoms with Gasteiger partial charge in [-0.05, 0) is 63.0 Å². The molecule has 2 saturated heterocycles. The number of anilines is 4. The molecular formula is C38H47N13O6. The Kier molecular flexibility index (Phi) is 9.32. The predicted octanol–water partition coefficient (Wildman–Crippen LogP) is 0.525. The second kappa shape index (κ2) is 14.1. The first-order chi connectivity index (χ1) is 27.3. The zero-order valence-electron chi connectivity index (χ0n) is 31.9. The number of H-pyrrole nitrogens is 1. The maximum absolute atomic E-state index is 13.2. The summed E-state index contributed by atoms with van der Waals surface area (Å²) in [7, 11) is 2.98. The average molecular weight is 782 g/mol. The minimum atomic E-state index is -1.24. The number of ether oxygens (including phenoxy) is 2. The number of nitrogen functional groups attached to an aromatic ring is 3. The van der Waals surface area contributed by atoms with Gasteiger partial charge in [0.1, 0.15) is 11.0 Å². The fourth-order valence-corrected chi connectivity index (χ4v) is 9.09. The Morgan fingerprint density at radius 2 is 1.46 bits per heavy atom. The van der Waals surface area contributed by atoms with Crippen molar-refractivity contribution in [2.45, 2.75) is 75.2 Å². The van der Waals surface area contributed by atoms with Crippen LogP contribution in [0, 0.1) is 34.5 Å². The van der Waals surface area contributed by atoms with Crippen LogP contribution in [-0.2, 0) is 0 Å². The van der Waals surface area contributed by atoms with Crippen LogP contribution in [0.25, 0.3) is 21.8 Å². The second-order valence-corrected chi connectivity index (χ2v) is 15.9. The topological polar surface area (TPSA) is 287 Å². The summed E-state index contributed by atoms with van der Waals surface area (Å²) < 4.78 is 15.4. The maximum Gasteiger partial charge on any atom is 0.350 e. The number of methoxy groups -OCH3 is 2. The largest absolute Gasteiger partial charge is 0.492 e. The number of nitrogens with two attached hydrogens (primary N) is 4. The van der Waals surface area contributed by atoms with Crippen molar-refractivity contribution in [1.29, 1.82) is 10.5 Å². The number of fused-ring (bicyclic) bond motifs is 2. The molecule has 0 radical (unpaired) electrons. The number of hydrogen-bond donors (Lipinski definition) is 6. The van der Waals surface area contributed by atoms with Crippen molar-refractivity contribution in [2.75, 3.05) is 67.5 Å².